The number of nitrogens with one attached hydrogen (secondary N) is 1. The summed E-state index contributed by atoms with van der Waals surface area (Å²) in [5.41, 5.74) is 1.12. The summed E-state index contributed by atoms with van der Waals surface area (Å²) in [4.78, 5) is 10.5. The first-order chi connectivity index (χ1) is 9.37. The fourth-order valence-corrected chi connectivity index (χ4v) is 2.40. The Labute approximate surface area is 128 Å². The van der Waals surface area contributed by atoms with Gasteiger partial charge < -0.3 is 10.1 Å². The number of nitro benzene ring substituents is 1. The Morgan fingerprint density at radius 3 is 2.75 bits per heavy atom. The SMILES string of the molecule is COCCC(C)(C)CNCc1cccc([N+](=O)[O-])c1Br. The van der Waals surface area contributed by atoms with Crippen molar-refractivity contribution in [1.82, 2.24) is 5.32 Å². The number of nitrogens with zero attached hydrogens (tertiary/aromatic N) is 1. The van der Waals surface area contributed by atoms with Crippen LogP contribution in [0.2, 0.25) is 0 Å². The molecule has 0 unspecified atom stereocenters. The van der Waals surface area contributed by atoms with Gasteiger partial charge in [-0.15, -0.1) is 0 Å². The van der Waals surface area contributed by atoms with Crippen LogP contribution in [0.4, 0.5) is 5.69 Å². The normalized spacial score (nSPS) is 11.6. The first-order valence-corrected chi connectivity index (χ1v) is 7.28. The molecule has 0 atom stereocenters. The number of ether oxygens (including phenoxy) is 1. The van der Waals surface area contributed by atoms with Crippen molar-refractivity contribution >= 4 is 21.6 Å². The summed E-state index contributed by atoms with van der Waals surface area (Å²) < 4.78 is 5.64. The third-order valence-corrected chi connectivity index (χ3v) is 4.07. The van der Waals surface area contributed by atoms with Crippen LogP contribution in [0.25, 0.3) is 0 Å². The fourth-order valence-electron chi connectivity index (χ4n) is 1.85. The maximum absolute atomic E-state index is 10.9. The van der Waals surface area contributed by atoms with Crippen LogP contribution in [-0.2, 0) is 11.3 Å². The number of nitro groups is 1. The fraction of sp³-hybridized carbons (Fsp3) is 0.571. The highest BCUT2D eigenvalue weighted by Crippen LogP contribution is 2.28. The molecule has 0 heterocycles. The molecular formula is C14H21BrN2O3. The monoisotopic (exact) mass is 344 g/mol. The molecule has 0 aliphatic rings. The second-order valence-electron chi connectivity index (χ2n) is 5.52. The summed E-state index contributed by atoms with van der Waals surface area (Å²) in [5.74, 6) is 0. The Morgan fingerprint density at radius 1 is 1.45 bits per heavy atom. The van der Waals surface area contributed by atoms with Crippen LogP contribution in [-0.4, -0.2) is 25.2 Å². The summed E-state index contributed by atoms with van der Waals surface area (Å²) >= 11 is 3.30. The first-order valence-electron chi connectivity index (χ1n) is 6.49. The van der Waals surface area contributed by atoms with Crippen molar-refractivity contribution in [2.75, 3.05) is 20.3 Å². The second kappa shape index (κ2) is 7.71. The van der Waals surface area contributed by atoms with Gasteiger partial charge in [0.15, 0.2) is 0 Å². The van der Waals surface area contributed by atoms with Gasteiger partial charge in [-0.3, -0.25) is 10.1 Å². The molecule has 1 N–H and O–H groups in total. The van der Waals surface area contributed by atoms with E-state index in [9.17, 15) is 10.1 Å². The molecule has 6 heteroatoms. The van der Waals surface area contributed by atoms with Gasteiger partial charge in [-0.05, 0) is 33.3 Å². The molecule has 1 rings (SSSR count). The first kappa shape index (κ1) is 17.1. The summed E-state index contributed by atoms with van der Waals surface area (Å²) in [6.45, 7) is 6.49. The molecule has 0 aliphatic carbocycles. The lowest BCUT2D eigenvalue weighted by atomic mass is 9.89. The van der Waals surface area contributed by atoms with Crippen molar-refractivity contribution in [3.63, 3.8) is 0 Å². The van der Waals surface area contributed by atoms with Crippen LogP contribution in [0.5, 0.6) is 0 Å². The molecule has 0 saturated heterocycles. The molecule has 20 heavy (non-hydrogen) atoms. The lowest BCUT2D eigenvalue weighted by molar-refractivity contribution is -0.385. The van der Waals surface area contributed by atoms with Crippen LogP contribution in [0.1, 0.15) is 25.8 Å². The number of hydrogen-bond donors (Lipinski definition) is 1. The highest BCUT2D eigenvalue weighted by molar-refractivity contribution is 9.10. The Balaban J connectivity index is 2.58. The molecule has 0 amide bonds. The van der Waals surface area contributed by atoms with Gasteiger partial charge in [0.2, 0.25) is 0 Å². The van der Waals surface area contributed by atoms with Crippen LogP contribution in [0, 0.1) is 15.5 Å². The lowest BCUT2D eigenvalue weighted by Crippen LogP contribution is -2.30. The van der Waals surface area contributed by atoms with E-state index in [2.05, 4.69) is 35.1 Å². The molecule has 0 saturated carbocycles. The third-order valence-electron chi connectivity index (χ3n) is 3.16. The molecule has 0 aromatic heterocycles. The minimum absolute atomic E-state index is 0.0999. The van der Waals surface area contributed by atoms with Gasteiger partial charge >= 0.3 is 0 Å². The largest absolute Gasteiger partial charge is 0.385 e. The quantitative estimate of drug-likeness (QED) is 0.578. The van der Waals surface area contributed by atoms with Crippen molar-refractivity contribution < 1.29 is 9.66 Å². The van der Waals surface area contributed by atoms with Gasteiger partial charge in [0.05, 0.1) is 9.40 Å². The van der Waals surface area contributed by atoms with Crippen LogP contribution in [0.15, 0.2) is 22.7 Å². The number of halogens is 1. The zero-order valence-corrected chi connectivity index (χ0v) is 13.7. The molecule has 0 aliphatic heterocycles. The molecule has 1 aromatic rings. The molecule has 0 fully saturated rings. The van der Waals surface area contributed by atoms with Gasteiger partial charge in [-0.25, -0.2) is 0 Å². The van der Waals surface area contributed by atoms with E-state index in [0.717, 1.165) is 25.1 Å². The van der Waals surface area contributed by atoms with E-state index in [1.807, 2.05) is 6.07 Å². The predicted molar refractivity (Wildman–Crippen MR) is 82.8 cm³/mol. The lowest BCUT2D eigenvalue weighted by Gasteiger charge is -2.24. The van der Waals surface area contributed by atoms with Crippen LogP contribution >= 0.6 is 15.9 Å². The van der Waals surface area contributed by atoms with E-state index >= 15 is 0 Å². The van der Waals surface area contributed by atoms with E-state index in [1.54, 1.807) is 13.2 Å². The van der Waals surface area contributed by atoms with Gasteiger partial charge in [-0.1, -0.05) is 26.0 Å². The van der Waals surface area contributed by atoms with Crippen molar-refractivity contribution in [2.24, 2.45) is 5.41 Å². The highest BCUT2D eigenvalue weighted by Gasteiger charge is 2.18. The number of benzene rings is 1. The van der Waals surface area contributed by atoms with Gasteiger partial charge in [0.1, 0.15) is 0 Å². The van der Waals surface area contributed by atoms with E-state index < -0.39 is 0 Å². The molecule has 112 valence electrons. The summed E-state index contributed by atoms with van der Waals surface area (Å²) in [6.07, 6.45) is 0.965. The average molecular weight is 345 g/mol. The van der Waals surface area contributed by atoms with E-state index in [0.29, 0.717) is 11.0 Å². The van der Waals surface area contributed by atoms with Crippen LogP contribution < -0.4 is 5.32 Å². The second-order valence-corrected chi connectivity index (χ2v) is 6.31. The molecule has 1 aromatic carbocycles. The number of methoxy groups -OCH3 is 1. The number of rotatable bonds is 8. The Hall–Kier alpha value is -0.980. The van der Waals surface area contributed by atoms with Crippen molar-refractivity contribution in [2.45, 2.75) is 26.8 Å². The minimum Gasteiger partial charge on any atom is -0.385 e. The maximum Gasteiger partial charge on any atom is 0.283 e. The van der Waals surface area contributed by atoms with Crippen LogP contribution in [0.3, 0.4) is 0 Å². The topological polar surface area (TPSA) is 64.4 Å². The molecule has 5 nitrogen and oxygen atoms in total. The molecule has 0 radical (unpaired) electrons. The number of hydrogen-bond acceptors (Lipinski definition) is 4. The van der Waals surface area contributed by atoms with Gasteiger partial charge in [0, 0.05) is 32.9 Å². The predicted octanol–water partition coefficient (Wildman–Crippen LogP) is 3.51. The molecular weight excluding hydrogens is 324 g/mol. The summed E-state index contributed by atoms with van der Waals surface area (Å²) in [5, 5.41) is 14.2. The zero-order valence-electron chi connectivity index (χ0n) is 12.1. The zero-order chi connectivity index (χ0) is 15.2. The van der Waals surface area contributed by atoms with Gasteiger partial charge in [-0.2, -0.15) is 0 Å². The van der Waals surface area contributed by atoms with E-state index in [1.165, 1.54) is 6.07 Å². The summed E-state index contributed by atoms with van der Waals surface area (Å²) in [6, 6.07) is 5.08. The van der Waals surface area contributed by atoms with E-state index in [4.69, 9.17) is 4.74 Å². The molecule has 0 bridgehead atoms. The third kappa shape index (κ3) is 5.19. The summed E-state index contributed by atoms with van der Waals surface area (Å²) in [7, 11) is 1.70. The van der Waals surface area contributed by atoms with Crippen molar-refractivity contribution in [1.29, 1.82) is 0 Å². The standard InChI is InChI=1S/C14H21BrN2O3/c1-14(2,7-8-20-3)10-16-9-11-5-4-6-12(13(11)15)17(18)19/h4-6,16H,7-10H2,1-3H3. The minimum atomic E-state index is -0.379. The average Bonchev–Trinajstić information content (AvgIpc) is 2.38. The molecule has 0 spiro atoms. The van der Waals surface area contributed by atoms with E-state index in [-0.39, 0.29) is 16.0 Å². The highest BCUT2D eigenvalue weighted by atomic mass is 79.9. The smallest absolute Gasteiger partial charge is 0.283 e. The Kier molecular flexibility index (Phi) is 6.58. The Morgan fingerprint density at radius 2 is 2.15 bits per heavy atom. The van der Waals surface area contributed by atoms with Crippen molar-refractivity contribution in [3.8, 4) is 0 Å². The van der Waals surface area contributed by atoms with Gasteiger partial charge in [0.25, 0.3) is 5.69 Å². The maximum atomic E-state index is 10.9. The Bertz CT molecular complexity index is 464. The van der Waals surface area contributed by atoms with Crippen molar-refractivity contribution in [3.05, 3.63) is 38.3 Å².